The quantitative estimate of drug-likeness (QED) is 0.132. The van der Waals surface area contributed by atoms with Crippen LogP contribution in [0.5, 0.6) is 0 Å². The fraction of sp³-hybridized carbons (Fsp3) is 0.391. The fourth-order valence-corrected chi connectivity index (χ4v) is 9.05. The van der Waals surface area contributed by atoms with Crippen molar-refractivity contribution < 1.29 is 0 Å². The number of nitrogens with zero attached hydrogens (tertiary/aromatic N) is 10. The molecule has 16 nitrogen and oxygen atoms in total. The Bertz CT molecular complexity index is 2890. The van der Waals surface area contributed by atoms with Gasteiger partial charge in [0.15, 0.2) is 11.3 Å². The van der Waals surface area contributed by atoms with Gasteiger partial charge in [-0.05, 0) is 127 Å². The van der Waals surface area contributed by atoms with Crippen molar-refractivity contribution in [3.05, 3.63) is 105 Å². The molecule has 2 aromatic carbocycles. The number of aromatic nitrogens is 10. The number of rotatable bonds is 6. The molecular formula is C46H54N14O2. The molecule has 0 unspecified atom stereocenters. The molecule has 0 spiro atoms. The highest BCUT2D eigenvalue weighted by molar-refractivity contribution is 5.86. The van der Waals surface area contributed by atoms with Gasteiger partial charge in [-0.1, -0.05) is 12.1 Å². The lowest BCUT2D eigenvalue weighted by molar-refractivity contribution is 0.251. The van der Waals surface area contributed by atoms with E-state index in [4.69, 9.17) is 21.4 Å². The van der Waals surface area contributed by atoms with E-state index in [0.717, 1.165) is 107 Å². The van der Waals surface area contributed by atoms with E-state index in [1.54, 1.807) is 48.0 Å². The van der Waals surface area contributed by atoms with Crippen LogP contribution in [-0.2, 0) is 14.1 Å². The van der Waals surface area contributed by atoms with Crippen LogP contribution in [0.15, 0.2) is 82.9 Å². The highest BCUT2D eigenvalue weighted by Gasteiger charge is 2.32. The number of imidazole rings is 2. The third-order valence-electron chi connectivity index (χ3n) is 13.0. The van der Waals surface area contributed by atoms with Gasteiger partial charge in [0.25, 0.3) is 0 Å². The summed E-state index contributed by atoms with van der Waals surface area (Å²) in [5.41, 5.74) is 20.8. The number of nitrogens with one attached hydrogen (secondary N) is 2. The predicted molar refractivity (Wildman–Crippen MR) is 245 cm³/mol. The Kier molecular flexibility index (Phi) is 10.4. The van der Waals surface area contributed by atoms with Gasteiger partial charge in [-0.25, -0.2) is 19.6 Å². The van der Waals surface area contributed by atoms with Gasteiger partial charge in [0.1, 0.15) is 11.0 Å². The van der Waals surface area contributed by atoms with Crippen LogP contribution in [0.4, 0.5) is 23.3 Å². The molecule has 2 aliphatic carbocycles. The second kappa shape index (κ2) is 15.7. The fourth-order valence-electron chi connectivity index (χ4n) is 9.05. The third kappa shape index (κ3) is 7.79. The molecule has 16 heteroatoms. The highest BCUT2D eigenvalue weighted by atomic mass is 16.2. The molecule has 320 valence electrons. The van der Waals surface area contributed by atoms with E-state index in [9.17, 15) is 9.59 Å². The maximum atomic E-state index is 13.0. The summed E-state index contributed by atoms with van der Waals surface area (Å²) in [7, 11) is 3.54. The van der Waals surface area contributed by atoms with Crippen LogP contribution in [0.25, 0.3) is 44.1 Å². The molecule has 0 amide bonds. The normalized spacial score (nSPS) is 21.6. The molecule has 2 fully saturated rings. The Morgan fingerprint density at radius 2 is 1.00 bits per heavy atom. The van der Waals surface area contributed by atoms with Gasteiger partial charge in [0, 0.05) is 71.8 Å². The van der Waals surface area contributed by atoms with Crippen LogP contribution in [0.3, 0.4) is 0 Å². The number of nitrogens with two attached hydrogens (primary N) is 2. The maximum absolute atomic E-state index is 13.0. The molecule has 0 radical (unpaired) electrons. The summed E-state index contributed by atoms with van der Waals surface area (Å²) in [6.45, 7) is 8.22. The van der Waals surface area contributed by atoms with E-state index in [0.29, 0.717) is 23.2 Å². The van der Waals surface area contributed by atoms with Crippen LogP contribution in [0, 0.1) is 13.8 Å². The van der Waals surface area contributed by atoms with Crippen molar-refractivity contribution in [2.75, 3.05) is 10.6 Å². The van der Waals surface area contributed by atoms with Gasteiger partial charge in [0.2, 0.25) is 11.9 Å². The Balaban J connectivity index is 0.000000158. The lowest BCUT2D eigenvalue weighted by Gasteiger charge is -2.34. The van der Waals surface area contributed by atoms with Gasteiger partial charge in [-0.3, -0.25) is 28.2 Å². The van der Waals surface area contributed by atoms with E-state index < -0.39 is 0 Å². The highest BCUT2D eigenvalue weighted by Crippen LogP contribution is 2.36. The summed E-state index contributed by atoms with van der Waals surface area (Å²) in [6, 6.07) is 16.3. The van der Waals surface area contributed by atoms with Crippen molar-refractivity contribution in [2.45, 2.75) is 102 Å². The summed E-state index contributed by atoms with van der Waals surface area (Å²) in [5, 5.41) is 8.75. The third-order valence-corrected chi connectivity index (χ3v) is 13.0. The molecule has 2 saturated carbocycles. The van der Waals surface area contributed by atoms with E-state index in [1.165, 1.54) is 0 Å². The van der Waals surface area contributed by atoms with Crippen molar-refractivity contribution in [3.8, 4) is 0 Å². The van der Waals surface area contributed by atoms with Crippen molar-refractivity contribution >= 4 is 67.4 Å². The van der Waals surface area contributed by atoms with Gasteiger partial charge in [-0.15, -0.1) is 0 Å². The van der Waals surface area contributed by atoms with Crippen LogP contribution in [0.1, 0.15) is 88.4 Å². The summed E-state index contributed by atoms with van der Waals surface area (Å²) in [4.78, 5) is 53.3. The minimum absolute atomic E-state index is 0.0555. The average Bonchev–Trinajstić information content (AvgIpc) is 3.64. The molecule has 6 heterocycles. The number of fused-ring (bicyclic) bond motifs is 4. The van der Waals surface area contributed by atoms with E-state index in [-0.39, 0.29) is 34.5 Å². The molecule has 2 aliphatic rings. The molecule has 0 saturated heterocycles. The lowest BCUT2D eigenvalue weighted by Crippen LogP contribution is -2.41. The first-order valence-corrected chi connectivity index (χ1v) is 21.4. The number of anilines is 4. The zero-order valence-electron chi connectivity index (χ0n) is 36.2. The summed E-state index contributed by atoms with van der Waals surface area (Å²) in [6.07, 6.45) is 14.1. The van der Waals surface area contributed by atoms with Crippen molar-refractivity contribution in [1.29, 1.82) is 0 Å². The molecular weight excluding hydrogens is 781 g/mol. The second-order valence-corrected chi connectivity index (χ2v) is 18.0. The second-order valence-electron chi connectivity index (χ2n) is 18.0. The molecule has 62 heavy (non-hydrogen) atoms. The monoisotopic (exact) mass is 834 g/mol. The number of pyridine rings is 2. The van der Waals surface area contributed by atoms with Crippen LogP contribution in [0.2, 0.25) is 0 Å². The standard InChI is InChI=1S/2C23H27N7O/c2*1-14-11-18-15(5-4-10-25-18)12-17(14)27-21-26-13-19-20(28-21)30(22(31)29(19)3)16-6-8-23(2,24)9-7-16/h2*4-5,10-13,16H,6-9,24H2,1-3H3,(H,26,27,28). The van der Waals surface area contributed by atoms with Crippen molar-refractivity contribution in [3.63, 3.8) is 0 Å². The Labute approximate surface area is 358 Å². The zero-order valence-corrected chi connectivity index (χ0v) is 36.2. The molecule has 6 N–H and O–H groups in total. The van der Waals surface area contributed by atoms with Gasteiger partial charge >= 0.3 is 11.4 Å². The molecule has 0 atom stereocenters. The number of benzene rings is 2. The zero-order chi connectivity index (χ0) is 43.5. The maximum Gasteiger partial charge on any atom is 0.330 e. The Morgan fingerprint density at radius 3 is 1.39 bits per heavy atom. The summed E-state index contributed by atoms with van der Waals surface area (Å²) in [5.74, 6) is 0.940. The van der Waals surface area contributed by atoms with E-state index in [2.05, 4.69) is 44.4 Å². The molecule has 10 rings (SSSR count). The van der Waals surface area contributed by atoms with Gasteiger partial charge < -0.3 is 22.1 Å². The van der Waals surface area contributed by atoms with E-state index >= 15 is 0 Å². The number of hydrogen-bond acceptors (Lipinski definition) is 12. The average molecular weight is 835 g/mol. The van der Waals surface area contributed by atoms with Crippen molar-refractivity contribution in [2.24, 2.45) is 25.6 Å². The lowest BCUT2D eigenvalue weighted by atomic mass is 9.81. The van der Waals surface area contributed by atoms with Gasteiger partial charge in [-0.2, -0.15) is 9.97 Å². The summed E-state index contributed by atoms with van der Waals surface area (Å²) < 4.78 is 6.91. The molecule has 6 aromatic heterocycles. The molecule has 0 aliphatic heterocycles. The van der Waals surface area contributed by atoms with Crippen LogP contribution in [-0.4, -0.2) is 59.3 Å². The summed E-state index contributed by atoms with van der Waals surface area (Å²) >= 11 is 0. The first kappa shape index (κ1) is 40.9. The molecule has 8 aromatic rings. The van der Waals surface area contributed by atoms with E-state index in [1.807, 2.05) is 71.5 Å². The van der Waals surface area contributed by atoms with Crippen LogP contribution >= 0.6 is 0 Å². The Hall–Kier alpha value is -6.52. The minimum atomic E-state index is -0.158. The Morgan fingerprint density at radius 1 is 0.613 bits per heavy atom. The predicted octanol–water partition coefficient (Wildman–Crippen LogP) is 7.13. The van der Waals surface area contributed by atoms with Crippen LogP contribution < -0.4 is 33.5 Å². The van der Waals surface area contributed by atoms with Gasteiger partial charge in [0.05, 0.1) is 23.4 Å². The number of hydrogen-bond donors (Lipinski definition) is 4. The topological polar surface area (TPSA) is 207 Å². The molecule has 0 bridgehead atoms. The number of aryl methyl sites for hydroxylation is 4. The van der Waals surface area contributed by atoms with Crippen molar-refractivity contribution in [1.82, 2.24) is 48.2 Å². The minimum Gasteiger partial charge on any atom is -0.325 e. The SMILES string of the molecule is Cc1cc2ncccc2cc1Nc1ncc2c(n1)n(C1CCC(C)(N)CC1)c(=O)n2C.Cc1cc2ncccc2cc1Nc1ncc2c(n1)n(C1CCC(C)(N)CC1)c(=O)n2C. The first-order chi connectivity index (χ1) is 29.6. The first-order valence-electron chi connectivity index (χ1n) is 21.4. The smallest absolute Gasteiger partial charge is 0.325 e. The largest absolute Gasteiger partial charge is 0.330 e.